The van der Waals surface area contributed by atoms with Crippen LogP contribution >= 0.6 is 11.3 Å². The van der Waals surface area contributed by atoms with Gasteiger partial charge < -0.3 is 20.9 Å². The molecule has 9 heteroatoms. The summed E-state index contributed by atoms with van der Waals surface area (Å²) in [6, 6.07) is 6.95. The third-order valence-electron chi connectivity index (χ3n) is 4.05. The highest BCUT2D eigenvalue weighted by molar-refractivity contribution is 7.10. The second-order valence-electron chi connectivity index (χ2n) is 6.20. The van der Waals surface area contributed by atoms with E-state index in [1.165, 1.54) is 18.3 Å². The first-order chi connectivity index (χ1) is 13.0. The summed E-state index contributed by atoms with van der Waals surface area (Å²) in [4.78, 5) is 42.4. The number of thiophene rings is 1. The van der Waals surface area contributed by atoms with Crippen LogP contribution in [0.3, 0.4) is 0 Å². The van der Waals surface area contributed by atoms with Gasteiger partial charge in [-0.25, -0.2) is 4.98 Å². The Kier molecular flexibility index (Phi) is 6.02. The highest BCUT2D eigenvalue weighted by Crippen LogP contribution is 2.23. The smallest absolute Gasteiger partial charge is 0.239 e. The van der Waals surface area contributed by atoms with Crippen LogP contribution in [-0.2, 0) is 14.4 Å². The number of nitrogens with one attached hydrogen (secondary N) is 3. The zero-order chi connectivity index (χ0) is 19.2. The monoisotopic (exact) mass is 387 g/mol. The van der Waals surface area contributed by atoms with Crippen LogP contribution in [0.15, 0.2) is 35.8 Å². The molecular formula is C18H21N5O3S. The first kappa shape index (κ1) is 18.8. The molecule has 1 fully saturated rings. The summed E-state index contributed by atoms with van der Waals surface area (Å²) >= 11 is 1.49. The number of hydrogen-bond donors (Lipinski definition) is 3. The van der Waals surface area contributed by atoms with Crippen LogP contribution in [-0.4, -0.2) is 42.3 Å². The average molecular weight is 387 g/mol. The molecule has 1 aliphatic heterocycles. The molecule has 0 saturated carbocycles. The molecule has 3 rings (SSSR count). The largest absolute Gasteiger partial charge is 0.353 e. The highest BCUT2D eigenvalue weighted by atomic mass is 32.1. The first-order valence-electron chi connectivity index (χ1n) is 8.59. The summed E-state index contributed by atoms with van der Waals surface area (Å²) < 4.78 is 0. The van der Waals surface area contributed by atoms with Crippen LogP contribution in [0, 0.1) is 0 Å². The topological polar surface area (TPSA) is 103 Å². The summed E-state index contributed by atoms with van der Waals surface area (Å²) in [6.07, 6.45) is 1.70. The van der Waals surface area contributed by atoms with E-state index in [-0.39, 0.29) is 36.7 Å². The lowest BCUT2D eigenvalue weighted by Gasteiger charge is -2.27. The number of carbonyl (C=O) groups excluding carboxylic acids is 3. The zero-order valence-electron chi connectivity index (χ0n) is 14.9. The Morgan fingerprint density at radius 1 is 1.37 bits per heavy atom. The van der Waals surface area contributed by atoms with Crippen molar-refractivity contribution in [3.63, 3.8) is 0 Å². The lowest BCUT2D eigenvalue weighted by Crippen LogP contribution is -2.48. The van der Waals surface area contributed by atoms with E-state index in [0.717, 1.165) is 4.88 Å². The Balaban J connectivity index is 1.59. The van der Waals surface area contributed by atoms with Gasteiger partial charge in [-0.3, -0.25) is 14.4 Å². The Morgan fingerprint density at radius 3 is 2.85 bits per heavy atom. The van der Waals surface area contributed by atoms with Crippen LogP contribution in [0.25, 0.3) is 0 Å². The lowest BCUT2D eigenvalue weighted by atomic mass is 10.1. The average Bonchev–Trinajstić information content (AvgIpc) is 3.16. The Morgan fingerprint density at radius 2 is 2.22 bits per heavy atom. The van der Waals surface area contributed by atoms with Gasteiger partial charge in [0.05, 0.1) is 30.9 Å². The van der Waals surface area contributed by atoms with Crippen LogP contribution in [0.2, 0.25) is 0 Å². The molecule has 1 atom stereocenters. The van der Waals surface area contributed by atoms with E-state index >= 15 is 0 Å². The second kappa shape index (κ2) is 8.63. The van der Waals surface area contributed by atoms with Gasteiger partial charge in [0.25, 0.3) is 0 Å². The van der Waals surface area contributed by atoms with E-state index < -0.39 is 0 Å². The molecule has 0 aliphatic carbocycles. The second-order valence-corrected chi connectivity index (χ2v) is 7.18. The summed E-state index contributed by atoms with van der Waals surface area (Å²) in [5.41, 5.74) is 0.568. The third kappa shape index (κ3) is 5.27. The van der Waals surface area contributed by atoms with Crippen LogP contribution in [0.1, 0.15) is 24.3 Å². The lowest BCUT2D eigenvalue weighted by molar-refractivity contribution is -0.121. The number of piperazine rings is 1. The van der Waals surface area contributed by atoms with Gasteiger partial charge in [-0.05, 0) is 23.6 Å². The highest BCUT2D eigenvalue weighted by Gasteiger charge is 2.19. The van der Waals surface area contributed by atoms with Gasteiger partial charge in [-0.2, -0.15) is 0 Å². The molecule has 3 N–H and O–H groups in total. The predicted molar refractivity (Wildman–Crippen MR) is 104 cm³/mol. The summed E-state index contributed by atoms with van der Waals surface area (Å²) in [7, 11) is 0. The maximum Gasteiger partial charge on any atom is 0.239 e. The Hall–Kier alpha value is -2.94. The van der Waals surface area contributed by atoms with E-state index in [4.69, 9.17) is 0 Å². The molecule has 2 aromatic rings. The molecule has 0 bridgehead atoms. The molecule has 142 valence electrons. The van der Waals surface area contributed by atoms with Gasteiger partial charge in [-0.1, -0.05) is 6.07 Å². The molecule has 3 amide bonds. The van der Waals surface area contributed by atoms with Crippen LogP contribution < -0.4 is 20.9 Å². The van der Waals surface area contributed by atoms with Crippen molar-refractivity contribution in [2.75, 3.05) is 29.9 Å². The van der Waals surface area contributed by atoms with E-state index in [9.17, 15) is 14.4 Å². The molecule has 0 spiro atoms. The van der Waals surface area contributed by atoms with Crippen molar-refractivity contribution in [3.8, 4) is 0 Å². The van der Waals surface area contributed by atoms with Crippen molar-refractivity contribution in [1.29, 1.82) is 0 Å². The van der Waals surface area contributed by atoms with Gasteiger partial charge in [0.1, 0.15) is 5.82 Å². The van der Waals surface area contributed by atoms with Crippen molar-refractivity contribution in [2.45, 2.75) is 19.4 Å². The van der Waals surface area contributed by atoms with Crippen molar-refractivity contribution in [1.82, 2.24) is 15.6 Å². The molecule has 1 saturated heterocycles. The zero-order valence-corrected chi connectivity index (χ0v) is 15.7. The minimum atomic E-state index is -0.360. The third-order valence-corrected chi connectivity index (χ3v) is 5.03. The van der Waals surface area contributed by atoms with Crippen molar-refractivity contribution >= 4 is 40.6 Å². The van der Waals surface area contributed by atoms with Gasteiger partial charge >= 0.3 is 0 Å². The molecule has 1 aliphatic rings. The summed E-state index contributed by atoms with van der Waals surface area (Å²) in [5, 5.41) is 10.3. The van der Waals surface area contributed by atoms with E-state index in [1.54, 1.807) is 18.3 Å². The fourth-order valence-electron chi connectivity index (χ4n) is 2.84. The SMILES string of the molecule is CC(=O)NC(CC(=O)Nc1ccc(N2CCNC(=O)C2)nc1)c1cccs1. The van der Waals surface area contributed by atoms with Gasteiger partial charge in [0.2, 0.25) is 17.7 Å². The molecule has 0 radical (unpaired) electrons. The number of amides is 3. The first-order valence-corrected chi connectivity index (χ1v) is 9.47. The molecular weight excluding hydrogens is 366 g/mol. The summed E-state index contributed by atoms with van der Waals surface area (Å²) in [6.45, 7) is 3.00. The normalized spacial score (nSPS) is 15.0. The molecule has 1 unspecified atom stereocenters. The standard InChI is InChI=1S/C18H21N5O3S/c1-12(24)21-14(15-3-2-8-27-15)9-17(25)22-13-4-5-16(20-10-13)23-7-6-19-18(26)11-23/h2-5,8,10,14H,6-7,9,11H2,1H3,(H,19,26)(H,21,24)(H,22,25). The molecule has 27 heavy (non-hydrogen) atoms. The Bertz CT molecular complexity index is 807. The fraction of sp³-hybridized carbons (Fsp3) is 0.333. The van der Waals surface area contributed by atoms with Gasteiger partial charge in [0, 0.05) is 24.9 Å². The van der Waals surface area contributed by atoms with Crippen LogP contribution in [0.4, 0.5) is 11.5 Å². The van der Waals surface area contributed by atoms with Gasteiger partial charge in [-0.15, -0.1) is 11.3 Å². The fourth-order valence-corrected chi connectivity index (χ4v) is 3.61. The van der Waals surface area contributed by atoms with Crippen molar-refractivity contribution in [3.05, 3.63) is 40.7 Å². The molecule has 3 heterocycles. The van der Waals surface area contributed by atoms with E-state index in [0.29, 0.717) is 24.6 Å². The predicted octanol–water partition coefficient (Wildman–Crippen LogP) is 1.29. The van der Waals surface area contributed by atoms with E-state index in [1.807, 2.05) is 22.4 Å². The molecule has 8 nitrogen and oxygen atoms in total. The van der Waals surface area contributed by atoms with Crippen molar-refractivity contribution in [2.24, 2.45) is 0 Å². The number of anilines is 2. The summed E-state index contributed by atoms with van der Waals surface area (Å²) in [5.74, 6) is 0.266. The number of aromatic nitrogens is 1. The number of rotatable bonds is 6. The number of nitrogens with zero attached hydrogens (tertiary/aromatic N) is 2. The number of hydrogen-bond acceptors (Lipinski definition) is 6. The van der Waals surface area contributed by atoms with Gasteiger partial charge in [0.15, 0.2) is 0 Å². The van der Waals surface area contributed by atoms with Crippen molar-refractivity contribution < 1.29 is 14.4 Å². The number of pyridine rings is 1. The Labute approximate surface area is 161 Å². The maximum atomic E-state index is 12.4. The molecule has 0 aromatic carbocycles. The van der Waals surface area contributed by atoms with E-state index in [2.05, 4.69) is 20.9 Å². The minimum absolute atomic E-state index is 0.0296. The van der Waals surface area contributed by atoms with Crippen LogP contribution in [0.5, 0.6) is 0 Å². The number of carbonyl (C=O) groups is 3. The quantitative estimate of drug-likeness (QED) is 0.693. The minimum Gasteiger partial charge on any atom is -0.353 e. The maximum absolute atomic E-state index is 12.4. The molecule has 2 aromatic heterocycles.